The van der Waals surface area contributed by atoms with Gasteiger partial charge in [0, 0.05) is 11.4 Å². The van der Waals surface area contributed by atoms with Crippen LogP contribution in [-0.2, 0) is 6.42 Å². The summed E-state index contributed by atoms with van der Waals surface area (Å²) >= 11 is 1.80. The zero-order valence-corrected chi connectivity index (χ0v) is 15.1. The van der Waals surface area contributed by atoms with Gasteiger partial charge in [0.25, 0.3) is 0 Å². The Morgan fingerprint density at radius 3 is 3.08 bits per heavy atom. The molecule has 1 aliphatic rings. The Morgan fingerprint density at radius 1 is 1.42 bits per heavy atom. The molecule has 24 heavy (non-hydrogen) atoms. The summed E-state index contributed by atoms with van der Waals surface area (Å²) in [6, 6.07) is 10.3. The summed E-state index contributed by atoms with van der Waals surface area (Å²) in [5, 5.41) is 5.12. The average molecular weight is 344 g/mol. The highest BCUT2D eigenvalue weighted by Gasteiger charge is 2.30. The Balaban J connectivity index is 1.50. The Kier molecular flexibility index (Phi) is 5.41. The molecule has 0 saturated heterocycles. The van der Waals surface area contributed by atoms with Crippen molar-refractivity contribution >= 4 is 17.4 Å². The van der Waals surface area contributed by atoms with Gasteiger partial charge in [0.1, 0.15) is 12.4 Å². The van der Waals surface area contributed by atoms with E-state index in [0.29, 0.717) is 13.2 Å². The second-order valence-electron chi connectivity index (χ2n) is 6.06. The summed E-state index contributed by atoms with van der Waals surface area (Å²) in [5.74, 6) is 0.844. The van der Waals surface area contributed by atoms with Crippen molar-refractivity contribution in [2.45, 2.75) is 32.7 Å². The molecule has 5 heteroatoms. The molecule has 0 radical (unpaired) electrons. The minimum atomic E-state index is 0.00606. The van der Waals surface area contributed by atoms with Crippen LogP contribution < -0.4 is 10.1 Å². The molecule has 3 rings (SSSR count). The van der Waals surface area contributed by atoms with Crippen molar-refractivity contribution < 1.29 is 9.53 Å². The Hall–Kier alpha value is -2.01. The Labute approximate surface area is 147 Å². The van der Waals surface area contributed by atoms with E-state index in [1.807, 2.05) is 36.1 Å². The highest BCUT2D eigenvalue weighted by molar-refractivity contribution is 7.10. The predicted octanol–water partition coefficient (Wildman–Crippen LogP) is 4.15. The van der Waals surface area contributed by atoms with E-state index in [2.05, 4.69) is 23.7 Å². The molecule has 1 aliphatic heterocycles. The van der Waals surface area contributed by atoms with Gasteiger partial charge in [-0.3, -0.25) is 0 Å². The fourth-order valence-corrected chi connectivity index (χ4v) is 4.14. The number of nitrogens with zero attached hydrogens (tertiary/aromatic N) is 1. The molecule has 128 valence electrons. The molecular weight excluding hydrogens is 320 g/mol. The molecule has 1 atom stereocenters. The summed E-state index contributed by atoms with van der Waals surface area (Å²) in [7, 11) is 0. The highest BCUT2D eigenvalue weighted by atomic mass is 32.1. The predicted molar refractivity (Wildman–Crippen MR) is 97.8 cm³/mol. The van der Waals surface area contributed by atoms with Gasteiger partial charge in [0.2, 0.25) is 0 Å². The minimum Gasteiger partial charge on any atom is -0.492 e. The van der Waals surface area contributed by atoms with Gasteiger partial charge in [-0.05, 0) is 54.5 Å². The van der Waals surface area contributed by atoms with Crippen LogP contribution in [0.5, 0.6) is 5.75 Å². The van der Waals surface area contributed by atoms with Gasteiger partial charge in [-0.25, -0.2) is 4.79 Å². The first-order valence-electron chi connectivity index (χ1n) is 8.49. The lowest BCUT2D eigenvalue weighted by molar-refractivity contribution is 0.165. The molecule has 2 amide bonds. The summed E-state index contributed by atoms with van der Waals surface area (Å²) in [6.07, 6.45) is 1.90. The maximum Gasteiger partial charge on any atom is 0.318 e. The van der Waals surface area contributed by atoms with E-state index in [1.54, 1.807) is 11.3 Å². The van der Waals surface area contributed by atoms with Crippen LogP contribution in [0.1, 0.15) is 35.4 Å². The number of rotatable bonds is 5. The van der Waals surface area contributed by atoms with Crippen LogP contribution in [0.4, 0.5) is 4.79 Å². The number of ether oxygens (including phenoxy) is 1. The van der Waals surface area contributed by atoms with Gasteiger partial charge >= 0.3 is 6.03 Å². The van der Waals surface area contributed by atoms with Crippen LogP contribution in [0.15, 0.2) is 35.7 Å². The molecule has 0 spiro atoms. The molecule has 1 aromatic carbocycles. The number of thiophene rings is 1. The van der Waals surface area contributed by atoms with Crippen LogP contribution in [0.25, 0.3) is 0 Å². The lowest BCUT2D eigenvalue weighted by atomic mass is 9.98. The number of urea groups is 1. The number of hydrogen-bond acceptors (Lipinski definition) is 3. The number of carbonyl (C=O) groups is 1. The van der Waals surface area contributed by atoms with E-state index in [4.69, 9.17) is 4.74 Å². The minimum absolute atomic E-state index is 0.00606. The lowest BCUT2D eigenvalue weighted by Crippen LogP contribution is -2.46. The molecule has 0 aliphatic carbocycles. The maximum atomic E-state index is 12.5. The third-order valence-corrected chi connectivity index (χ3v) is 5.38. The second kappa shape index (κ2) is 7.71. The first kappa shape index (κ1) is 16.8. The molecule has 0 fully saturated rings. The number of amides is 2. The molecule has 1 aromatic heterocycles. The van der Waals surface area contributed by atoms with Gasteiger partial charge in [-0.2, -0.15) is 0 Å². The number of fused-ring (bicyclic) bond motifs is 1. The van der Waals surface area contributed by atoms with Gasteiger partial charge in [-0.15, -0.1) is 11.3 Å². The summed E-state index contributed by atoms with van der Waals surface area (Å²) in [6.45, 7) is 5.95. The number of nitrogens with one attached hydrogen (secondary N) is 1. The van der Waals surface area contributed by atoms with Gasteiger partial charge < -0.3 is 15.0 Å². The standard InChI is InChI=1S/C19H24N2O2S/c1-3-17-16-8-12-24-18(16)7-10-21(17)19(22)20-9-11-23-15-6-4-5-14(2)13-15/h4-6,8,12-13,17H,3,7,9-11H2,1-2H3,(H,20,22). The quantitative estimate of drug-likeness (QED) is 0.828. The van der Waals surface area contributed by atoms with Crippen molar-refractivity contribution in [2.24, 2.45) is 0 Å². The van der Waals surface area contributed by atoms with Crippen molar-refractivity contribution in [1.82, 2.24) is 10.2 Å². The van der Waals surface area contributed by atoms with E-state index >= 15 is 0 Å². The molecule has 0 bridgehead atoms. The molecule has 0 saturated carbocycles. The fourth-order valence-electron chi connectivity index (χ4n) is 3.21. The van der Waals surface area contributed by atoms with Crippen LogP contribution >= 0.6 is 11.3 Å². The summed E-state index contributed by atoms with van der Waals surface area (Å²) in [4.78, 5) is 15.9. The molecule has 1 unspecified atom stereocenters. The summed E-state index contributed by atoms with van der Waals surface area (Å²) < 4.78 is 5.69. The smallest absolute Gasteiger partial charge is 0.318 e. The number of hydrogen-bond donors (Lipinski definition) is 1. The monoisotopic (exact) mass is 344 g/mol. The Bertz CT molecular complexity index is 698. The normalized spacial score (nSPS) is 16.6. The largest absolute Gasteiger partial charge is 0.492 e. The topological polar surface area (TPSA) is 41.6 Å². The van der Waals surface area contributed by atoms with Crippen molar-refractivity contribution in [2.75, 3.05) is 19.7 Å². The molecule has 1 N–H and O–H groups in total. The zero-order valence-electron chi connectivity index (χ0n) is 14.2. The van der Waals surface area contributed by atoms with Crippen LogP contribution in [0.2, 0.25) is 0 Å². The van der Waals surface area contributed by atoms with Gasteiger partial charge in [0.05, 0.1) is 12.6 Å². The van der Waals surface area contributed by atoms with Crippen LogP contribution in [0.3, 0.4) is 0 Å². The molecule has 2 heterocycles. The third kappa shape index (κ3) is 3.73. The van der Waals surface area contributed by atoms with Gasteiger partial charge in [-0.1, -0.05) is 19.1 Å². The van der Waals surface area contributed by atoms with Crippen molar-refractivity contribution in [3.05, 3.63) is 51.7 Å². The van der Waals surface area contributed by atoms with Crippen molar-refractivity contribution in [3.8, 4) is 5.75 Å². The third-order valence-electron chi connectivity index (χ3n) is 4.38. The zero-order chi connectivity index (χ0) is 16.9. The van der Waals surface area contributed by atoms with E-state index in [-0.39, 0.29) is 12.1 Å². The first-order chi connectivity index (χ1) is 11.7. The van der Waals surface area contributed by atoms with E-state index in [9.17, 15) is 4.79 Å². The first-order valence-corrected chi connectivity index (χ1v) is 9.37. The maximum absolute atomic E-state index is 12.5. The second-order valence-corrected chi connectivity index (χ2v) is 7.06. The SMILES string of the molecule is CCC1c2ccsc2CCN1C(=O)NCCOc1cccc(C)c1. The van der Waals surface area contributed by atoms with Crippen LogP contribution in [-0.4, -0.2) is 30.6 Å². The molecule has 2 aromatic rings. The number of carbonyl (C=O) groups excluding carboxylic acids is 1. The van der Waals surface area contributed by atoms with E-state index in [0.717, 1.165) is 25.1 Å². The summed E-state index contributed by atoms with van der Waals surface area (Å²) in [5.41, 5.74) is 2.49. The van der Waals surface area contributed by atoms with E-state index < -0.39 is 0 Å². The Morgan fingerprint density at radius 2 is 2.29 bits per heavy atom. The van der Waals surface area contributed by atoms with Crippen molar-refractivity contribution in [3.63, 3.8) is 0 Å². The molecule has 4 nitrogen and oxygen atoms in total. The number of aryl methyl sites for hydroxylation is 1. The van der Waals surface area contributed by atoms with Gasteiger partial charge in [0.15, 0.2) is 0 Å². The van der Waals surface area contributed by atoms with Crippen LogP contribution in [0, 0.1) is 6.92 Å². The number of benzene rings is 1. The highest BCUT2D eigenvalue weighted by Crippen LogP contribution is 2.35. The fraction of sp³-hybridized carbons (Fsp3) is 0.421. The lowest BCUT2D eigenvalue weighted by Gasteiger charge is -2.35. The van der Waals surface area contributed by atoms with E-state index in [1.165, 1.54) is 16.0 Å². The van der Waals surface area contributed by atoms with Crippen molar-refractivity contribution in [1.29, 1.82) is 0 Å². The molecular formula is C19H24N2O2S. The average Bonchev–Trinajstić information content (AvgIpc) is 3.06.